The lowest BCUT2D eigenvalue weighted by Crippen LogP contribution is -2.43. The molecule has 1 aromatic carbocycles. The zero-order valence-electron chi connectivity index (χ0n) is 21.3. The third-order valence-corrected chi connectivity index (χ3v) is 6.99. The van der Waals surface area contributed by atoms with Gasteiger partial charge in [-0.15, -0.1) is 4.80 Å². The van der Waals surface area contributed by atoms with E-state index in [0.717, 1.165) is 15.9 Å². The number of methoxy groups -OCH3 is 2. The Bertz CT molecular complexity index is 1530. The fourth-order valence-corrected chi connectivity index (χ4v) is 5.02. The van der Waals surface area contributed by atoms with E-state index in [0.29, 0.717) is 33.3 Å². The molecule has 0 saturated carbocycles. The molecule has 0 spiro atoms. The van der Waals surface area contributed by atoms with Crippen LogP contribution in [0.15, 0.2) is 40.2 Å². The lowest BCUT2D eigenvalue weighted by atomic mass is 10.1. The van der Waals surface area contributed by atoms with Gasteiger partial charge in [0, 0.05) is 19.2 Å². The number of aryl methyl sites for hydroxylation is 3. The summed E-state index contributed by atoms with van der Waals surface area (Å²) in [5.41, 5.74) is -0.404. The summed E-state index contributed by atoms with van der Waals surface area (Å²) >= 11 is 1.15. The van der Waals surface area contributed by atoms with E-state index in [1.54, 1.807) is 14.0 Å². The molecule has 0 bridgehead atoms. The van der Waals surface area contributed by atoms with Crippen LogP contribution in [0.25, 0.3) is 15.2 Å². The number of aliphatic hydroxyl groups excluding tert-OH is 1. The second kappa shape index (κ2) is 12.6. The van der Waals surface area contributed by atoms with Gasteiger partial charge in [-0.3, -0.25) is 9.36 Å². The fraction of sp³-hybridized carbons (Fsp3) is 0.375. The van der Waals surface area contributed by atoms with Crippen molar-refractivity contribution < 1.29 is 28.9 Å². The van der Waals surface area contributed by atoms with Crippen LogP contribution in [-0.4, -0.2) is 67.7 Å². The number of carboxylic acids is 1. The first-order valence-electron chi connectivity index (χ1n) is 11.5. The minimum atomic E-state index is -1.38. The summed E-state index contributed by atoms with van der Waals surface area (Å²) in [5, 5.41) is 26.4. The molecule has 1 unspecified atom stereocenters. The number of ether oxygens (including phenoxy) is 2. The minimum absolute atomic E-state index is 0.0632. The zero-order valence-corrected chi connectivity index (χ0v) is 22.1. The molecule has 0 fully saturated rings. The summed E-state index contributed by atoms with van der Waals surface area (Å²) in [4.78, 5) is 39.9. The van der Waals surface area contributed by atoms with Gasteiger partial charge in [-0.1, -0.05) is 11.3 Å². The molecule has 3 aromatic heterocycles. The molecule has 12 nitrogen and oxygen atoms in total. The van der Waals surface area contributed by atoms with Crippen molar-refractivity contribution in [2.45, 2.75) is 32.9 Å². The maximum absolute atomic E-state index is 13.8. The Morgan fingerprint density at radius 3 is 2.45 bits per heavy atom. The highest BCUT2D eigenvalue weighted by Gasteiger charge is 2.26. The van der Waals surface area contributed by atoms with Gasteiger partial charge in [-0.25, -0.2) is 18.5 Å². The number of hydrogen-bond acceptors (Lipinski definition) is 9. The summed E-state index contributed by atoms with van der Waals surface area (Å²) in [7, 11) is 3.01. The summed E-state index contributed by atoms with van der Waals surface area (Å²) < 4.78 is 25.6. The number of halogens is 1. The Balaban J connectivity index is 0.000000732. The van der Waals surface area contributed by atoms with E-state index in [1.165, 1.54) is 54.0 Å². The molecule has 0 saturated heterocycles. The number of aromatic nitrogens is 5. The summed E-state index contributed by atoms with van der Waals surface area (Å²) in [5.74, 6) is -1.31. The lowest BCUT2D eigenvalue weighted by molar-refractivity contribution is -0.140. The van der Waals surface area contributed by atoms with Crippen molar-refractivity contribution in [3.63, 3.8) is 0 Å². The first-order chi connectivity index (χ1) is 18.2. The van der Waals surface area contributed by atoms with E-state index in [2.05, 4.69) is 14.9 Å². The first-order valence-corrected chi connectivity index (χ1v) is 12.3. The smallest absolute Gasteiger partial charge is 0.332 e. The number of fused-ring (bicyclic) bond motifs is 1. The van der Waals surface area contributed by atoms with Gasteiger partial charge < -0.3 is 19.7 Å². The summed E-state index contributed by atoms with van der Waals surface area (Å²) in [6, 6.07) is 2.70. The highest BCUT2D eigenvalue weighted by Crippen LogP contribution is 2.31. The summed E-state index contributed by atoms with van der Waals surface area (Å²) in [6.07, 6.45) is 3.18. The molecule has 1 atom stereocenters. The minimum Gasteiger partial charge on any atom is -0.496 e. The van der Waals surface area contributed by atoms with Gasteiger partial charge in [0.15, 0.2) is 0 Å². The molecule has 0 amide bonds. The second-order valence-corrected chi connectivity index (χ2v) is 9.05. The molecule has 0 aliphatic rings. The monoisotopic (exact) mass is 549 g/mol. The largest absolute Gasteiger partial charge is 0.496 e. The van der Waals surface area contributed by atoms with Crippen LogP contribution in [0, 0.1) is 12.7 Å². The normalized spacial score (nSPS) is 11.7. The Morgan fingerprint density at radius 1 is 1.21 bits per heavy atom. The zero-order chi connectivity index (χ0) is 28.0. The van der Waals surface area contributed by atoms with E-state index < -0.39 is 29.1 Å². The Hall–Kier alpha value is -3.88. The standard InChI is InChI=1S/C21H20FN5O5S.C3H8O2/c1-11-16-17(28)26(12(2)20(29)30)21(31)25(19(16)33-18(11)27-23-7-8-24-27)9-6-13-10-14(22)4-5-15(13)32-3;1-5-3-2-4/h4-5,7-8,10,12H,6,9H2,1-3H3,(H,29,30);4H,2-3H2,1H3. The number of carboxylic acid groups (broad SMARTS) is 1. The topological polar surface area (TPSA) is 151 Å². The number of thiophene rings is 1. The van der Waals surface area contributed by atoms with Crippen LogP contribution in [-0.2, 0) is 22.5 Å². The lowest BCUT2D eigenvalue weighted by Gasteiger charge is -2.15. The number of benzene rings is 1. The van der Waals surface area contributed by atoms with E-state index in [4.69, 9.17) is 9.84 Å². The van der Waals surface area contributed by atoms with Crippen LogP contribution in [0.2, 0.25) is 0 Å². The average molecular weight is 550 g/mol. The third kappa shape index (κ3) is 5.82. The molecule has 3 heterocycles. The van der Waals surface area contributed by atoms with Crippen molar-refractivity contribution in [2.75, 3.05) is 27.4 Å². The number of aliphatic hydroxyl groups is 1. The van der Waals surface area contributed by atoms with Crippen molar-refractivity contribution in [3.05, 3.63) is 68.4 Å². The molecule has 14 heteroatoms. The molecule has 0 aliphatic carbocycles. The van der Waals surface area contributed by atoms with Crippen LogP contribution < -0.4 is 16.0 Å². The van der Waals surface area contributed by atoms with Gasteiger partial charge in [0.2, 0.25) is 0 Å². The van der Waals surface area contributed by atoms with E-state index in [1.807, 2.05) is 0 Å². The molecule has 2 N–H and O–H groups in total. The van der Waals surface area contributed by atoms with Crippen LogP contribution in [0.1, 0.15) is 24.1 Å². The Labute approximate surface area is 220 Å². The van der Waals surface area contributed by atoms with Gasteiger partial charge >= 0.3 is 11.7 Å². The number of aliphatic carboxylic acids is 1. The maximum atomic E-state index is 13.8. The van der Waals surface area contributed by atoms with Crippen LogP contribution in [0.3, 0.4) is 0 Å². The van der Waals surface area contributed by atoms with Crippen molar-refractivity contribution in [3.8, 4) is 10.8 Å². The van der Waals surface area contributed by atoms with Crippen LogP contribution in [0.5, 0.6) is 5.75 Å². The second-order valence-electron chi connectivity index (χ2n) is 8.08. The van der Waals surface area contributed by atoms with Crippen molar-refractivity contribution in [1.82, 2.24) is 24.1 Å². The Morgan fingerprint density at radius 2 is 1.89 bits per heavy atom. The predicted octanol–water partition coefficient (Wildman–Crippen LogP) is 1.77. The van der Waals surface area contributed by atoms with Gasteiger partial charge in [-0.2, -0.15) is 10.2 Å². The number of carbonyl (C=O) groups is 1. The highest BCUT2D eigenvalue weighted by molar-refractivity contribution is 7.21. The molecular weight excluding hydrogens is 521 g/mol. The molecule has 0 radical (unpaired) electrons. The highest BCUT2D eigenvalue weighted by atomic mass is 32.1. The molecule has 4 rings (SSSR count). The van der Waals surface area contributed by atoms with E-state index in [9.17, 15) is 23.9 Å². The van der Waals surface area contributed by atoms with Gasteiger partial charge in [0.1, 0.15) is 27.4 Å². The number of hydrogen-bond donors (Lipinski definition) is 2. The fourth-order valence-electron chi connectivity index (χ4n) is 3.78. The van der Waals surface area contributed by atoms with Crippen LogP contribution >= 0.6 is 11.3 Å². The number of nitrogens with zero attached hydrogens (tertiary/aromatic N) is 5. The molecule has 204 valence electrons. The SMILES string of the molecule is COCCO.COc1ccc(F)cc1CCn1c(=O)n(C(C)C(=O)O)c(=O)c2c(C)c(-n3nccn3)sc21. The number of rotatable bonds is 9. The average Bonchev–Trinajstić information content (AvgIpc) is 3.53. The van der Waals surface area contributed by atoms with Crippen LogP contribution in [0.4, 0.5) is 4.39 Å². The van der Waals surface area contributed by atoms with E-state index in [-0.39, 0.29) is 25.0 Å². The first kappa shape index (κ1) is 28.7. The van der Waals surface area contributed by atoms with Crippen molar-refractivity contribution in [1.29, 1.82) is 0 Å². The Kier molecular flexibility index (Phi) is 9.50. The van der Waals surface area contributed by atoms with Crippen molar-refractivity contribution in [2.24, 2.45) is 0 Å². The quantitative estimate of drug-likeness (QED) is 0.318. The summed E-state index contributed by atoms with van der Waals surface area (Å²) in [6.45, 7) is 3.60. The van der Waals surface area contributed by atoms with E-state index >= 15 is 0 Å². The molecule has 0 aliphatic heterocycles. The van der Waals surface area contributed by atoms with Gasteiger partial charge in [0.25, 0.3) is 5.56 Å². The maximum Gasteiger partial charge on any atom is 0.332 e. The third-order valence-electron chi connectivity index (χ3n) is 5.71. The molecular formula is C24H28FN5O7S. The van der Waals surface area contributed by atoms with Gasteiger partial charge in [0.05, 0.1) is 38.1 Å². The molecule has 38 heavy (non-hydrogen) atoms. The molecule has 4 aromatic rings. The van der Waals surface area contributed by atoms with Gasteiger partial charge in [-0.05, 0) is 44.0 Å². The van der Waals surface area contributed by atoms with Crippen molar-refractivity contribution >= 4 is 27.5 Å². The predicted molar refractivity (Wildman–Crippen MR) is 138 cm³/mol.